The molecule has 0 aliphatic carbocycles. The van der Waals surface area contributed by atoms with E-state index in [-0.39, 0.29) is 16.7 Å². The Hall–Kier alpha value is -3.20. The molecule has 2 aliphatic rings. The van der Waals surface area contributed by atoms with Gasteiger partial charge in [-0.15, -0.1) is 0 Å². The van der Waals surface area contributed by atoms with Gasteiger partial charge in [-0.3, -0.25) is 19.3 Å². The highest BCUT2D eigenvalue weighted by atomic mass is 32.2. The second-order valence-corrected chi connectivity index (χ2v) is 9.61. The molecule has 2 aromatic carbocycles. The van der Waals surface area contributed by atoms with Crippen LogP contribution in [0.2, 0.25) is 0 Å². The van der Waals surface area contributed by atoms with Gasteiger partial charge in [-0.25, -0.2) is 8.42 Å². The summed E-state index contributed by atoms with van der Waals surface area (Å²) in [6.45, 7) is 1.26. The number of benzene rings is 2. The minimum Gasteiger partial charge on any atom is -0.322 e. The summed E-state index contributed by atoms with van der Waals surface area (Å²) < 4.78 is 28.2. The van der Waals surface area contributed by atoms with Crippen LogP contribution in [-0.4, -0.2) is 39.2 Å². The van der Waals surface area contributed by atoms with Gasteiger partial charge >= 0.3 is 0 Å². The predicted octanol–water partition coefficient (Wildman–Crippen LogP) is 3.32. The van der Waals surface area contributed by atoms with Crippen molar-refractivity contribution in [2.75, 3.05) is 23.3 Å². The van der Waals surface area contributed by atoms with Gasteiger partial charge in [0.15, 0.2) is 0 Å². The first-order valence-electron chi connectivity index (χ1n) is 10.8. The van der Waals surface area contributed by atoms with Gasteiger partial charge in [-0.05, 0) is 55.7 Å². The number of sulfonamides is 1. The molecule has 1 saturated heterocycles. The number of nitrogens with zero attached hydrogens (tertiary/aromatic N) is 2. The van der Waals surface area contributed by atoms with E-state index >= 15 is 0 Å². The molecule has 2 amide bonds. The highest BCUT2D eigenvalue weighted by Gasteiger charge is 2.22. The molecule has 0 bridgehead atoms. The molecule has 2 heterocycles. The quantitative estimate of drug-likeness (QED) is 0.722. The monoisotopic (exact) mass is 454 g/mol. The Morgan fingerprint density at radius 2 is 1.81 bits per heavy atom. The second kappa shape index (κ2) is 9.52. The Balaban J connectivity index is 1.48. The fourth-order valence-electron chi connectivity index (χ4n) is 3.85. The molecule has 168 valence electrons. The number of amides is 2. The smallest absolute Gasteiger partial charge is 0.262 e. The first-order valence-corrected chi connectivity index (χ1v) is 12.3. The number of anilines is 2. The topological polar surface area (TPSA) is 108 Å². The fraction of sp³-hybridized carbons (Fsp3) is 0.348. The largest absolute Gasteiger partial charge is 0.322 e. The molecule has 0 aromatic heterocycles. The zero-order valence-corrected chi connectivity index (χ0v) is 18.5. The number of aliphatic imine (C=N–C) groups is 1. The van der Waals surface area contributed by atoms with E-state index in [2.05, 4.69) is 15.0 Å². The maximum Gasteiger partial charge on any atom is 0.262 e. The minimum absolute atomic E-state index is 0.0474. The van der Waals surface area contributed by atoms with Gasteiger partial charge in [-0.1, -0.05) is 18.6 Å². The molecule has 1 fully saturated rings. The van der Waals surface area contributed by atoms with Crippen molar-refractivity contribution in [3.05, 3.63) is 54.1 Å². The van der Waals surface area contributed by atoms with Crippen molar-refractivity contribution in [3.8, 4) is 0 Å². The zero-order chi connectivity index (χ0) is 22.6. The summed E-state index contributed by atoms with van der Waals surface area (Å²) in [5.74, 6) is 0.144. The number of rotatable bonds is 5. The standard InChI is InChI=1S/C23H26N4O4S/c28-22-12-6-14-27(22)19-9-4-7-17(15-19)23(29)25-18-8-5-10-20(16-18)32(30,31)26-21-11-2-1-3-13-24-21/h4-5,7-10,15-16H,1-3,6,11-14H2,(H,24,26)(H,25,29). The van der Waals surface area contributed by atoms with Crippen LogP contribution in [0.25, 0.3) is 0 Å². The van der Waals surface area contributed by atoms with E-state index in [1.807, 2.05) is 0 Å². The van der Waals surface area contributed by atoms with Gasteiger partial charge in [-0.2, -0.15) is 0 Å². The van der Waals surface area contributed by atoms with Gasteiger partial charge in [0.1, 0.15) is 5.84 Å². The van der Waals surface area contributed by atoms with Gasteiger partial charge in [0.2, 0.25) is 5.91 Å². The lowest BCUT2D eigenvalue weighted by Crippen LogP contribution is -2.30. The lowest BCUT2D eigenvalue weighted by molar-refractivity contribution is -0.117. The lowest BCUT2D eigenvalue weighted by Gasteiger charge is -2.16. The highest BCUT2D eigenvalue weighted by molar-refractivity contribution is 7.90. The highest BCUT2D eigenvalue weighted by Crippen LogP contribution is 2.23. The maximum atomic E-state index is 12.8. The molecule has 0 unspecified atom stereocenters. The van der Waals surface area contributed by atoms with Gasteiger partial charge in [0, 0.05) is 42.9 Å². The van der Waals surface area contributed by atoms with Crippen molar-refractivity contribution in [3.63, 3.8) is 0 Å². The van der Waals surface area contributed by atoms with Crippen molar-refractivity contribution in [1.82, 2.24) is 4.72 Å². The van der Waals surface area contributed by atoms with E-state index in [9.17, 15) is 18.0 Å². The van der Waals surface area contributed by atoms with E-state index in [4.69, 9.17) is 0 Å². The molecule has 2 aliphatic heterocycles. The SMILES string of the molecule is O=C(Nc1cccc(S(=O)(=O)NC2=NCCCCC2)c1)c1cccc(N2CCCC2=O)c1. The molecule has 2 N–H and O–H groups in total. The molecule has 32 heavy (non-hydrogen) atoms. The van der Waals surface area contributed by atoms with Crippen molar-refractivity contribution in [1.29, 1.82) is 0 Å². The molecule has 0 atom stereocenters. The number of amidine groups is 1. The molecule has 9 heteroatoms. The number of nitrogens with one attached hydrogen (secondary N) is 2. The summed E-state index contributed by atoms with van der Waals surface area (Å²) in [7, 11) is -3.80. The maximum absolute atomic E-state index is 12.8. The van der Waals surface area contributed by atoms with Crippen molar-refractivity contribution in [2.24, 2.45) is 4.99 Å². The first kappa shape index (κ1) is 22.0. The Morgan fingerprint density at radius 1 is 0.969 bits per heavy atom. The van der Waals surface area contributed by atoms with Crippen LogP contribution in [0, 0.1) is 0 Å². The van der Waals surface area contributed by atoms with E-state index in [1.54, 1.807) is 41.3 Å². The Kier molecular flexibility index (Phi) is 6.55. The van der Waals surface area contributed by atoms with E-state index in [0.29, 0.717) is 48.7 Å². The third kappa shape index (κ3) is 5.16. The molecule has 0 spiro atoms. The number of hydrogen-bond donors (Lipinski definition) is 2. The van der Waals surface area contributed by atoms with E-state index < -0.39 is 10.0 Å². The third-order valence-electron chi connectivity index (χ3n) is 5.52. The van der Waals surface area contributed by atoms with Gasteiger partial charge in [0.05, 0.1) is 4.90 Å². The molecule has 8 nitrogen and oxygen atoms in total. The van der Waals surface area contributed by atoms with Crippen LogP contribution in [0.5, 0.6) is 0 Å². The molecule has 4 rings (SSSR count). The number of hydrogen-bond acceptors (Lipinski definition) is 5. The van der Waals surface area contributed by atoms with Crippen molar-refractivity contribution < 1.29 is 18.0 Å². The number of carbonyl (C=O) groups excluding carboxylic acids is 2. The third-order valence-corrected chi connectivity index (χ3v) is 6.90. The fourth-order valence-corrected chi connectivity index (χ4v) is 4.99. The molecular formula is C23H26N4O4S. The van der Waals surface area contributed by atoms with E-state index in [0.717, 1.165) is 25.7 Å². The lowest BCUT2D eigenvalue weighted by atomic mass is 10.1. The summed E-state index contributed by atoms with van der Waals surface area (Å²) >= 11 is 0. The van der Waals surface area contributed by atoms with Crippen LogP contribution in [-0.2, 0) is 14.8 Å². The normalized spacial score (nSPS) is 16.9. The van der Waals surface area contributed by atoms with Crippen LogP contribution >= 0.6 is 0 Å². The summed E-state index contributed by atoms with van der Waals surface area (Å²) in [5.41, 5.74) is 1.44. The van der Waals surface area contributed by atoms with Crippen LogP contribution < -0.4 is 14.9 Å². The van der Waals surface area contributed by atoms with Crippen LogP contribution in [0.3, 0.4) is 0 Å². The number of carbonyl (C=O) groups is 2. The molecule has 0 saturated carbocycles. The minimum atomic E-state index is -3.80. The van der Waals surface area contributed by atoms with Crippen LogP contribution in [0.1, 0.15) is 48.9 Å². The van der Waals surface area contributed by atoms with Gasteiger partial charge in [0.25, 0.3) is 15.9 Å². The van der Waals surface area contributed by atoms with Gasteiger partial charge < -0.3 is 10.2 Å². The second-order valence-electron chi connectivity index (χ2n) is 7.93. The molecule has 2 aromatic rings. The Bertz CT molecular complexity index is 1160. The summed E-state index contributed by atoms with van der Waals surface area (Å²) in [6, 6.07) is 13.0. The predicted molar refractivity (Wildman–Crippen MR) is 124 cm³/mol. The molecular weight excluding hydrogens is 428 g/mol. The summed E-state index contributed by atoms with van der Waals surface area (Å²) in [4.78, 5) is 30.8. The average molecular weight is 455 g/mol. The molecule has 0 radical (unpaired) electrons. The zero-order valence-electron chi connectivity index (χ0n) is 17.7. The first-order chi connectivity index (χ1) is 15.4. The Labute approximate surface area is 187 Å². The Morgan fingerprint density at radius 3 is 2.62 bits per heavy atom. The summed E-state index contributed by atoms with van der Waals surface area (Å²) in [5, 5.41) is 2.75. The van der Waals surface area contributed by atoms with E-state index in [1.165, 1.54) is 12.1 Å². The average Bonchev–Trinajstić information content (AvgIpc) is 3.05. The van der Waals surface area contributed by atoms with Crippen molar-refractivity contribution >= 4 is 39.0 Å². The van der Waals surface area contributed by atoms with Crippen molar-refractivity contribution in [2.45, 2.75) is 43.4 Å². The summed E-state index contributed by atoms with van der Waals surface area (Å²) in [6.07, 6.45) is 4.81. The van der Waals surface area contributed by atoms with Crippen LogP contribution in [0.4, 0.5) is 11.4 Å². The van der Waals surface area contributed by atoms with Crippen LogP contribution in [0.15, 0.2) is 58.4 Å².